The molecule has 0 atom stereocenters. The van der Waals surface area contributed by atoms with Crippen LogP contribution >= 0.6 is 0 Å². The van der Waals surface area contributed by atoms with Crippen LogP contribution < -0.4 is 0 Å². The number of rotatable bonds is 9. The van der Waals surface area contributed by atoms with Gasteiger partial charge in [0.2, 0.25) is 0 Å². The van der Waals surface area contributed by atoms with Crippen LogP contribution in [0.25, 0.3) is 101 Å². The maximum atomic E-state index is 4.85. The summed E-state index contributed by atoms with van der Waals surface area (Å²) in [6, 6.07) is 35.8. The van der Waals surface area contributed by atoms with Crippen molar-refractivity contribution in [3.63, 3.8) is 0 Å². The molecule has 0 spiro atoms. The van der Waals surface area contributed by atoms with E-state index in [0.29, 0.717) is 34.2 Å². The Bertz CT molecular complexity index is 2720. The van der Waals surface area contributed by atoms with Gasteiger partial charge in [-0.15, -0.1) is 30.6 Å². The van der Waals surface area contributed by atoms with Gasteiger partial charge in [-0.1, -0.05) is 0 Å². The van der Waals surface area contributed by atoms with E-state index in [0.717, 1.165) is 66.8 Å². The molecule has 12 nitrogen and oxygen atoms in total. The number of hydrogen-bond donors (Lipinski definition) is 0. The van der Waals surface area contributed by atoms with Crippen LogP contribution in [-0.2, 0) is 0 Å². The third-order valence-electron chi connectivity index (χ3n) is 9.92. The van der Waals surface area contributed by atoms with E-state index in [1.54, 1.807) is 74.4 Å². The molecule has 0 radical (unpaired) electrons. The molecule has 282 valence electrons. The molecule has 0 fully saturated rings. The van der Waals surface area contributed by atoms with Gasteiger partial charge in [0.25, 0.3) is 0 Å². The van der Waals surface area contributed by atoms with Gasteiger partial charge in [0.15, 0.2) is 0 Å². The molecule has 0 aliphatic heterocycles. The summed E-state index contributed by atoms with van der Waals surface area (Å²) < 4.78 is 0. The predicted octanol–water partition coefficient (Wildman–Crippen LogP) is 9.43. The van der Waals surface area contributed by atoms with Crippen LogP contribution in [0.4, 0.5) is 0 Å². The van der Waals surface area contributed by atoms with Gasteiger partial charge in [0.1, 0.15) is 17.1 Å². The van der Waals surface area contributed by atoms with Crippen molar-refractivity contribution < 1.29 is 0 Å². The summed E-state index contributed by atoms with van der Waals surface area (Å²) in [6.45, 7) is 0. The SMILES string of the molecule is c1cncc(-c2cc(-c3cc(-c4cc(-c5cccnc5)nnc4-c4cccnc4)cc(-c4cc(-c5cccnc5)nnc4-c4cccnc4)c3)c(-c3cccnc3)nn2)c1. The molecule has 0 N–H and O–H groups in total. The second kappa shape index (κ2) is 16.1. The average molecular weight is 775 g/mol. The molecule has 12 heteroatoms. The van der Waals surface area contributed by atoms with Crippen molar-refractivity contribution in [2.75, 3.05) is 0 Å². The Hall–Kier alpha value is -8.64. The molecule has 0 aliphatic carbocycles. The van der Waals surface area contributed by atoms with Gasteiger partial charge in [-0.2, -0.15) is 0 Å². The van der Waals surface area contributed by atoms with E-state index in [1.165, 1.54) is 0 Å². The van der Waals surface area contributed by atoms with E-state index in [4.69, 9.17) is 30.6 Å². The molecule has 10 rings (SSSR count). The molecule has 0 unspecified atom stereocenters. The molecule has 0 saturated carbocycles. The minimum Gasteiger partial charge on any atom is -0.264 e. The van der Waals surface area contributed by atoms with Crippen LogP contribution in [0, 0.1) is 0 Å². The number of nitrogens with zero attached hydrogens (tertiary/aromatic N) is 12. The van der Waals surface area contributed by atoms with Crippen LogP contribution in [0.15, 0.2) is 184 Å². The van der Waals surface area contributed by atoms with E-state index in [-0.39, 0.29) is 0 Å². The Morgan fingerprint density at radius 2 is 0.483 bits per heavy atom. The van der Waals surface area contributed by atoms with Crippen LogP contribution in [0.5, 0.6) is 0 Å². The molecular weight excluding hydrogens is 745 g/mol. The molecular formula is C48H30N12. The minimum atomic E-state index is 0.659. The Morgan fingerprint density at radius 3 is 0.717 bits per heavy atom. The Morgan fingerprint density at radius 1 is 0.233 bits per heavy atom. The number of aromatic nitrogens is 12. The largest absolute Gasteiger partial charge is 0.264 e. The minimum absolute atomic E-state index is 0.659. The van der Waals surface area contributed by atoms with Crippen molar-refractivity contribution in [3.8, 4) is 101 Å². The van der Waals surface area contributed by atoms with E-state index in [2.05, 4.69) is 66.3 Å². The lowest BCUT2D eigenvalue weighted by Gasteiger charge is -2.17. The van der Waals surface area contributed by atoms with Gasteiger partial charge in [-0.3, -0.25) is 29.9 Å². The molecule has 9 aromatic heterocycles. The smallest absolute Gasteiger partial charge is 0.102 e. The third kappa shape index (κ3) is 7.23. The summed E-state index contributed by atoms with van der Waals surface area (Å²) in [6.07, 6.45) is 21.2. The highest BCUT2D eigenvalue weighted by molar-refractivity contribution is 5.93. The monoisotopic (exact) mass is 774 g/mol. The van der Waals surface area contributed by atoms with Crippen LogP contribution in [0.1, 0.15) is 0 Å². The molecule has 1 aromatic carbocycles. The fraction of sp³-hybridized carbons (Fsp3) is 0. The van der Waals surface area contributed by atoms with Crippen molar-refractivity contribution in [1.29, 1.82) is 0 Å². The highest BCUT2D eigenvalue weighted by Crippen LogP contribution is 2.42. The molecule has 0 saturated heterocycles. The quantitative estimate of drug-likeness (QED) is 0.137. The summed E-state index contributed by atoms with van der Waals surface area (Å²) in [4.78, 5) is 26.4. The average Bonchev–Trinajstić information content (AvgIpc) is 3.35. The molecule has 0 bridgehead atoms. The Kier molecular flexibility index (Phi) is 9.58. The number of hydrogen-bond acceptors (Lipinski definition) is 12. The van der Waals surface area contributed by atoms with Crippen molar-refractivity contribution in [3.05, 3.63) is 184 Å². The third-order valence-corrected chi connectivity index (χ3v) is 9.92. The van der Waals surface area contributed by atoms with E-state index < -0.39 is 0 Å². The van der Waals surface area contributed by atoms with Gasteiger partial charge < -0.3 is 0 Å². The molecule has 60 heavy (non-hydrogen) atoms. The van der Waals surface area contributed by atoms with Crippen LogP contribution in [0.2, 0.25) is 0 Å². The maximum Gasteiger partial charge on any atom is 0.102 e. The molecule has 0 aliphatic rings. The molecule has 10 aromatic rings. The zero-order chi connectivity index (χ0) is 40.1. The van der Waals surface area contributed by atoms with Crippen molar-refractivity contribution in [2.45, 2.75) is 0 Å². The second-order valence-corrected chi connectivity index (χ2v) is 13.7. The highest BCUT2D eigenvalue weighted by atomic mass is 15.1. The number of pyridine rings is 6. The summed E-state index contributed by atoms with van der Waals surface area (Å²) in [7, 11) is 0. The lowest BCUT2D eigenvalue weighted by molar-refractivity contribution is 1.04. The molecule has 0 amide bonds. The predicted molar refractivity (Wildman–Crippen MR) is 229 cm³/mol. The lowest BCUT2D eigenvalue weighted by Crippen LogP contribution is -2.00. The number of benzene rings is 1. The first-order valence-electron chi connectivity index (χ1n) is 19.0. The first-order chi connectivity index (χ1) is 29.7. The zero-order valence-electron chi connectivity index (χ0n) is 31.7. The second-order valence-electron chi connectivity index (χ2n) is 13.7. The summed E-state index contributed by atoms with van der Waals surface area (Å²) in [5.41, 5.74) is 14.0. The van der Waals surface area contributed by atoms with Crippen LogP contribution in [0.3, 0.4) is 0 Å². The Labute approximate surface area is 343 Å². The summed E-state index contributed by atoms with van der Waals surface area (Å²) in [5.74, 6) is 0. The first-order valence-corrected chi connectivity index (χ1v) is 19.0. The van der Waals surface area contributed by atoms with Gasteiger partial charge in [-0.25, -0.2) is 0 Å². The maximum absolute atomic E-state index is 4.85. The van der Waals surface area contributed by atoms with Gasteiger partial charge in [-0.05, 0) is 126 Å². The van der Waals surface area contributed by atoms with Gasteiger partial charge >= 0.3 is 0 Å². The standard InChI is InChI=1S/C48H30N12/c1-7-31(25-49-13-1)43-22-40(46(58-55-43)34-10-4-16-52-28-34)37-19-38(41-23-44(32-8-2-14-50-26-32)56-59-47(41)35-11-5-17-53-29-35)21-39(20-37)42-24-45(33-9-3-15-51-27-33)57-60-48(42)36-12-6-18-54-30-36/h1-30H. The first kappa shape index (κ1) is 35.8. The van der Waals surface area contributed by atoms with Crippen molar-refractivity contribution >= 4 is 0 Å². The highest BCUT2D eigenvalue weighted by Gasteiger charge is 2.21. The van der Waals surface area contributed by atoms with E-state index in [1.807, 2.05) is 72.8 Å². The summed E-state index contributed by atoms with van der Waals surface area (Å²) in [5, 5.41) is 28.6. The van der Waals surface area contributed by atoms with Crippen molar-refractivity contribution in [2.24, 2.45) is 0 Å². The van der Waals surface area contributed by atoms with Gasteiger partial charge in [0, 0.05) is 124 Å². The Balaban J connectivity index is 1.30. The molecule has 9 heterocycles. The van der Waals surface area contributed by atoms with E-state index >= 15 is 0 Å². The fourth-order valence-corrected chi connectivity index (χ4v) is 7.04. The lowest BCUT2D eigenvalue weighted by atomic mass is 9.89. The van der Waals surface area contributed by atoms with Crippen molar-refractivity contribution in [1.82, 2.24) is 60.5 Å². The topological polar surface area (TPSA) is 155 Å². The van der Waals surface area contributed by atoms with Crippen LogP contribution in [-0.4, -0.2) is 60.5 Å². The summed E-state index contributed by atoms with van der Waals surface area (Å²) >= 11 is 0. The van der Waals surface area contributed by atoms with E-state index in [9.17, 15) is 0 Å². The normalized spacial score (nSPS) is 11.0. The fourth-order valence-electron chi connectivity index (χ4n) is 7.04. The van der Waals surface area contributed by atoms with Gasteiger partial charge in [0.05, 0.1) is 17.1 Å². The zero-order valence-corrected chi connectivity index (χ0v) is 31.7.